The van der Waals surface area contributed by atoms with Crippen LogP contribution in [0.25, 0.3) is 0 Å². The molecule has 0 atom stereocenters. The molecular formula is C13H23N5O. The van der Waals surface area contributed by atoms with E-state index in [2.05, 4.69) is 29.5 Å². The molecule has 2 rings (SSSR count). The third kappa shape index (κ3) is 4.02. The molecule has 0 bridgehead atoms. The van der Waals surface area contributed by atoms with E-state index in [9.17, 15) is 4.79 Å². The third-order valence-corrected chi connectivity index (χ3v) is 3.32. The molecule has 1 amide bonds. The molecule has 19 heavy (non-hydrogen) atoms. The van der Waals surface area contributed by atoms with Gasteiger partial charge >= 0.3 is 0 Å². The first kappa shape index (κ1) is 14.0. The van der Waals surface area contributed by atoms with E-state index in [1.165, 1.54) is 0 Å². The van der Waals surface area contributed by atoms with Gasteiger partial charge in [0.25, 0.3) is 5.91 Å². The van der Waals surface area contributed by atoms with Gasteiger partial charge in [0.2, 0.25) is 0 Å². The molecule has 1 saturated heterocycles. The van der Waals surface area contributed by atoms with Crippen molar-refractivity contribution in [3.63, 3.8) is 0 Å². The molecule has 2 heterocycles. The van der Waals surface area contributed by atoms with Crippen LogP contribution in [-0.2, 0) is 6.54 Å². The van der Waals surface area contributed by atoms with Gasteiger partial charge in [0.05, 0.1) is 6.20 Å². The van der Waals surface area contributed by atoms with Crippen LogP contribution in [0.3, 0.4) is 0 Å². The Balaban J connectivity index is 1.94. The largest absolute Gasteiger partial charge is 0.336 e. The number of hydrogen-bond donors (Lipinski definition) is 1. The highest BCUT2D eigenvalue weighted by Crippen LogP contribution is 2.06. The zero-order valence-electron chi connectivity index (χ0n) is 11.8. The van der Waals surface area contributed by atoms with Crippen LogP contribution in [0.4, 0.5) is 0 Å². The molecule has 0 saturated carbocycles. The number of nitrogens with one attached hydrogen (secondary N) is 1. The van der Waals surface area contributed by atoms with E-state index in [1.807, 2.05) is 4.90 Å². The summed E-state index contributed by atoms with van der Waals surface area (Å²) in [5.74, 6) is 0.625. The van der Waals surface area contributed by atoms with Crippen LogP contribution in [0, 0.1) is 5.92 Å². The highest BCUT2D eigenvalue weighted by atomic mass is 16.2. The molecule has 0 radical (unpaired) electrons. The average Bonchev–Trinajstić information content (AvgIpc) is 2.69. The van der Waals surface area contributed by atoms with Crippen LogP contribution in [-0.4, -0.2) is 52.0 Å². The predicted octanol–water partition coefficient (Wildman–Crippen LogP) is 0.760. The Morgan fingerprint density at radius 1 is 1.42 bits per heavy atom. The van der Waals surface area contributed by atoms with Gasteiger partial charge < -0.3 is 10.2 Å². The standard InChI is InChI=1S/C13H23N5O/c1-11(2)4-8-18-10-12(15-16-18)13(19)17-7-3-5-14-6-9-17/h10-11,14H,3-9H2,1-2H3. The lowest BCUT2D eigenvalue weighted by Crippen LogP contribution is -2.34. The maximum atomic E-state index is 12.3. The molecule has 1 aromatic heterocycles. The predicted molar refractivity (Wildman–Crippen MR) is 72.9 cm³/mol. The molecule has 0 aromatic carbocycles. The van der Waals surface area contributed by atoms with Gasteiger partial charge in [0.15, 0.2) is 5.69 Å². The molecule has 1 aliphatic heterocycles. The van der Waals surface area contributed by atoms with Gasteiger partial charge in [-0.05, 0) is 25.3 Å². The maximum absolute atomic E-state index is 12.3. The second-order valence-electron chi connectivity index (χ2n) is 5.45. The molecule has 1 fully saturated rings. The van der Waals surface area contributed by atoms with Gasteiger partial charge in [-0.15, -0.1) is 5.10 Å². The first-order valence-corrected chi connectivity index (χ1v) is 7.07. The fourth-order valence-corrected chi connectivity index (χ4v) is 2.11. The summed E-state index contributed by atoms with van der Waals surface area (Å²) in [6.07, 6.45) is 3.81. The van der Waals surface area contributed by atoms with E-state index in [1.54, 1.807) is 10.9 Å². The highest BCUT2D eigenvalue weighted by molar-refractivity contribution is 5.91. The van der Waals surface area contributed by atoms with Gasteiger partial charge in [-0.2, -0.15) is 0 Å². The summed E-state index contributed by atoms with van der Waals surface area (Å²) in [6.45, 7) is 8.54. The molecule has 0 unspecified atom stereocenters. The molecule has 6 heteroatoms. The van der Waals surface area contributed by atoms with Gasteiger partial charge in [0.1, 0.15) is 0 Å². The minimum absolute atomic E-state index is 0.000466. The summed E-state index contributed by atoms with van der Waals surface area (Å²) in [5.41, 5.74) is 0.464. The minimum Gasteiger partial charge on any atom is -0.336 e. The van der Waals surface area contributed by atoms with Crippen LogP contribution >= 0.6 is 0 Å². The number of carbonyl (C=O) groups excluding carboxylic acids is 1. The minimum atomic E-state index is -0.000466. The Labute approximate surface area is 114 Å². The summed E-state index contributed by atoms with van der Waals surface area (Å²) < 4.78 is 1.77. The Bertz CT molecular complexity index is 407. The fourth-order valence-electron chi connectivity index (χ4n) is 2.11. The molecule has 6 nitrogen and oxygen atoms in total. The lowest BCUT2D eigenvalue weighted by molar-refractivity contribution is 0.0760. The van der Waals surface area contributed by atoms with Crippen molar-refractivity contribution in [3.8, 4) is 0 Å². The van der Waals surface area contributed by atoms with E-state index >= 15 is 0 Å². The zero-order valence-corrected chi connectivity index (χ0v) is 11.8. The Morgan fingerprint density at radius 2 is 2.26 bits per heavy atom. The number of hydrogen-bond acceptors (Lipinski definition) is 4. The average molecular weight is 265 g/mol. The van der Waals surface area contributed by atoms with Crippen LogP contribution in [0.15, 0.2) is 6.20 Å². The molecule has 1 N–H and O–H groups in total. The molecule has 1 aliphatic rings. The number of amides is 1. The van der Waals surface area contributed by atoms with Gasteiger partial charge in [0, 0.05) is 26.2 Å². The monoisotopic (exact) mass is 265 g/mol. The Kier molecular flexibility index (Phi) is 4.90. The zero-order chi connectivity index (χ0) is 13.7. The van der Waals surface area contributed by atoms with E-state index in [0.717, 1.165) is 45.6 Å². The van der Waals surface area contributed by atoms with E-state index in [-0.39, 0.29) is 5.91 Å². The summed E-state index contributed by atoms with van der Waals surface area (Å²) in [7, 11) is 0. The second-order valence-corrected chi connectivity index (χ2v) is 5.45. The van der Waals surface area contributed by atoms with Crippen molar-refractivity contribution in [3.05, 3.63) is 11.9 Å². The summed E-state index contributed by atoms with van der Waals surface area (Å²) in [5, 5.41) is 11.3. The summed E-state index contributed by atoms with van der Waals surface area (Å²) in [6, 6.07) is 0. The van der Waals surface area contributed by atoms with Gasteiger partial charge in [-0.1, -0.05) is 19.1 Å². The van der Waals surface area contributed by atoms with Crippen molar-refractivity contribution < 1.29 is 4.79 Å². The van der Waals surface area contributed by atoms with Crippen LogP contribution < -0.4 is 5.32 Å². The number of rotatable bonds is 4. The van der Waals surface area contributed by atoms with Gasteiger partial charge in [-0.3, -0.25) is 9.48 Å². The fraction of sp³-hybridized carbons (Fsp3) is 0.769. The van der Waals surface area contributed by atoms with Crippen LogP contribution in [0.2, 0.25) is 0 Å². The number of nitrogens with zero attached hydrogens (tertiary/aromatic N) is 4. The number of aromatic nitrogens is 3. The van der Waals surface area contributed by atoms with Crippen molar-refractivity contribution in [2.45, 2.75) is 33.2 Å². The molecular weight excluding hydrogens is 242 g/mol. The van der Waals surface area contributed by atoms with Crippen molar-refractivity contribution in [2.75, 3.05) is 26.2 Å². The summed E-state index contributed by atoms with van der Waals surface area (Å²) in [4.78, 5) is 14.1. The third-order valence-electron chi connectivity index (χ3n) is 3.32. The van der Waals surface area contributed by atoms with E-state index < -0.39 is 0 Å². The topological polar surface area (TPSA) is 63.1 Å². The van der Waals surface area contributed by atoms with Gasteiger partial charge in [-0.25, -0.2) is 0 Å². The van der Waals surface area contributed by atoms with Crippen LogP contribution in [0.1, 0.15) is 37.2 Å². The Hall–Kier alpha value is -1.43. The van der Waals surface area contributed by atoms with Crippen molar-refractivity contribution >= 4 is 5.91 Å². The highest BCUT2D eigenvalue weighted by Gasteiger charge is 2.19. The molecule has 106 valence electrons. The van der Waals surface area contributed by atoms with Crippen molar-refractivity contribution in [1.29, 1.82) is 0 Å². The van der Waals surface area contributed by atoms with Crippen molar-refractivity contribution in [2.24, 2.45) is 5.92 Å². The number of aryl methyl sites for hydroxylation is 1. The lowest BCUT2D eigenvalue weighted by atomic mass is 10.1. The molecule has 0 aliphatic carbocycles. The van der Waals surface area contributed by atoms with E-state index in [0.29, 0.717) is 11.6 Å². The maximum Gasteiger partial charge on any atom is 0.276 e. The molecule has 0 spiro atoms. The number of carbonyl (C=O) groups is 1. The summed E-state index contributed by atoms with van der Waals surface area (Å²) >= 11 is 0. The quantitative estimate of drug-likeness (QED) is 0.873. The van der Waals surface area contributed by atoms with E-state index in [4.69, 9.17) is 0 Å². The second kappa shape index (κ2) is 6.65. The first-order chi connectivity index (χ1) is 9.16. The SMILES string of the molecule is CC(C)CCn1cc(C(=O)N2CCCNCC2)nn1. The lowest BCUT2D eigenvalue weighted by Gasteiger charge is -2.18. The van der Waals surface area contributed by atoms with Crippen LogP contribution in [0.5, 0.6) is 0 Å². The molecule has 1 aromatic rings. The Morgan fingerprint density at radius 3 is 3.05 bits per heavy atom. The first-order valence-electron chi connectivity index (χ1n) is 7.07. The smallest absolute Gasteiger partial charge is 0.276 e. The normalized spacial score (nSPS) is 16.7. The van der Waals surface area contributed by atoms with Crippen molar-refractivity contribution in [1.82, 2.24) is 25.2 Å².